The highest BCUT2D eigenvalue weighted by atomic mass is 15.1. The summed E-state index contributed by atoms with van der Waals surface area (Å²) in [4.78, 5) is 6.55. The molecule has 1 aromatic heterocycles. The van der Waals surface area contributed by atoms with E-state index in [1.807, 2.05) is 24.4 Å². The van der Waals surface area contributed by atoms with Crippen LogP contribution in [0.4, 0.5) is 0 Å². The van der Waals surface area contributed by atoms with Gasteiger partial charge in [0, 0.05) is 37.8 Å². The van der Waals surface area contributed by atoms with Crippen molar-refractivity contribution in [2.24, 2.45) is 0 Å². The lowest BCUT2D eigenvalue weighted by atomic mass is 10.2. The Morgan fingerprint density at radius 2 is 2.27 bits per heavy atom. The van der Waals surface area contributed by atoms with E-state index in [-0.39, 0.29) is 0 Å². The van der Waals surface area contributed by atoms with Gasteiger partial charge in [-0.2, -0.15) is 5.26 Å². The van der Waals surface area contributed by atoms with E-state index in [0.29, 0.717) is 6.42 Å². The van der Waals surface area contributed by atoms with Crippen LogP contribution in [0.15, 0.2) is 24.4 Å². The summed E-state index contributed by atoms with van der Waals surface area (Å²) in [6.07, 6.45) is 3.39. The Balaban J connectivity index is 2.31. The molecule has 0 N–H and O–H groups in total. The lowest BCUT2D eigenvalue weighted by Crippen LogP contribution is -2.26. The van der Waals surface area contributed by atoms with Crippen molar-refractivity contribution in [3.05, 3.63) is 30.1 Å². The predicted molar refractivity (Wildman–Crippen MR) is 60.3 cm³/mol. The SMILES string of the molecule is CCN(CCC#N)CCc1ccccn1. The standard InChI is InChI=1S/C12H17N3/c1-2-15(10-5-8-13)11-7-12-6-3-4-9-14-12/h3-4,6,9H,2,5,7,10-11H2,1H3. The van der Waals surface area contributed by atoms with E-state index in [2.05, 4.69) is 22.9 Å². The molecule has 15 heavy (non-hydrogen) atoms. The third-order valence-electron chi connectivity index (χ3n) is 2.40. The summed E-state index contributed by atoms with van der Waals surface area (Å²) in [6, 6.07) is 8.15. The number of nitriles is 1. The minimum absolute atomic E-state index is 0.607. The summed E-state index contributed by atoms with van der Waals surface area (Å²) < 4.78 is 0. The number of hydrogen-bond acceptors (Lipinski definition) is 3. The third kappa shape index (κ3) is 4.57. The van der Waals surface area contributed by atoms with Crippen molar-refractivity contribution in [3.63, 3.8) is 0 Å². The van der Waals surface area contributed by atoms with E-state index in [1.165, 1.54) is 0 Å². The van der Waals surface area contributed by atoms with Gasteiger partial charge in [0.15, 0.2) is 0 Å². The van der Waals surface area contributed by atoms with Crippen molar-refractivity contribution in [1.82, 2.24) is 9.88 Å². The van der Waals surface area contributed by atoms with Gasteiger partial charge in [-0.15, -0.1) is 0 Å². The Kier molecular flexibility index (Phi) is 5.42. The van der Waals surface area contributed by atoms with Crippen molar-refractivity contribution in [1.29, 1.82) is 5.26 Å². The highest BCUT2D eigenvalue weighted by Gasteiger charge is 2.02. The van der Waals surface area contributed by atoms with E-state index in [1.54, 1.807) is 0 Å². The molecule has 3 nitrogen and oxygen atoms in total. The minimum Gasteiger partial charge on any atom is -0.302 e. The predicted octanol–water partition coefficient (Wildman–Crippen LogP) is 1.86. The molecule has 80 valence electrons. The lowest BCUT2D eigenvalue weighted by molar-refractivity contribution is 0.298. The summed E-state index contributed by atoms with van der Waals surface area (Å²) in [5, 5.41) is 8.51. The lowest BCUT2D eigenvalue weighted by Gasteiger charge is -2.18. The Morgan fingerprint density at radius 1 is 1.40 bits per heavy atom. The molecular formula is C12H17N3. The Labute approximate surface area is 91.4 Å². The maximum Gasteiger partial charge on any atom is 0.0635 e. The van der Waals surface area contributed by atoms with Crippen LogP contribution in [-0.4, -0.2) is 29.5 Å². The number of rotatable bonds is 6. The normalized spacial score (nSPS) is 10.2. The Morgan fingerprint density at radius 3 is 2.87 bits per heavy atom. The molecule has 0 atom stereocenters. The molecule has 0 radical (unpaired) electrons. The van der Waals surface area contributed by atoms with E-state index < -0.39 is 0 Å². The smallest absolute Gasteiger partial charge is 0.0635 e. The van der Waals surface area contributed by atoms with Crippen molar-refractivity contribution in [2.45, 2.75) is 19.8 Å². The highest BCUT2D eigenvalue weighted by Crippen LogP contribution is 1.98. The first-order chi connectivity index (χ1) is 7.36. The molecule has 0 aromatic carbocycles. The van der Waals surface area contributed by atoms with E-state index in [0.717, 1.165) is 31.7 Å². The summed E-state index contributed by atoms with van der Waals surface area (Å²) in [7, 11) is 0. The van der Waals surface area contributed by atoms with Gasteiger partial charge in [-0.25, -0.2) is 0 Å². The van der Waals surface area contributed by atoms with Crippen LogP contribution in [0.25, 0.3) is 0 Å². The van der Waals surface area contributed by atoms with Crippen LogP contribution < -0.4 is 0 Å². The number of pyridine rings is 1. The molecule has 3 heteroatoms. The van der Waals surface area contributed by atoms with Crippen LogP contribution in [0.5, 0.6) is 0 Å². The molecule has 1 rings (SSSR count). The van der Waals surface area contributed by atoms with Crippen molar-refractivity contribution in [2.75, 3.05) is 19.6 Å². The molecule has 0 aliphatic rings. The molecule has 0 unspecified atom stereocenters. The first-order valence-electron chi connectivity index (χ1n) is 5.36. The molecule has 0 fully saturated rings. The summed E-state index contributed by atoms with van der Waals surface area (Å²) in [5.41, 5.74) is 1.12. The summed E-state index contributed by atoms with van der Waals surface area (Å²) in [6.45, 7) is 4.96. The zero-order valence-electron chi connectivity index (χ0n) is 9.19. The maximum absolute atomic E-state index is 8.51. The van der Waals surface area contributed by atoms with Gasteiger partial charge in [-0.3, -0.25) is 4.98 Å². The van der Waals surface area contributed by atoms with Crippen molar-refractivity contribution in [3.8, 4) is 6.07 Å². The average molecular weight is 203 g/mol. The van der Waals surface area contributed by atoms with E-state index in [9.17, 15) is 0 Å². The molecule has 0 spiro atoms. The van der Waals surface area contributed by atoms with Gasteiger partial charge in [-0.1, -0.05) is 13.0 Å². The van der Waals surface area contributed by atoms with Gasteiger partial charge in [0.25, 0.3) is 0 Å². The van der Waals surface area contributed by atoms with Crippen LogP contribution in [0.3, 0.4) is 0 Å². The van der Waals surface area contributed by atoms with Crippen molar-refractivity contribution >= 4 is 0 Å². The number of aromatic nitrogens is 1. The van der Waals surface area contributed by atoms with E-state index in [4.69, 9.17) is 5.26 Å². The maximum atomic E-state index is 8.51. The molecular weight excluding hydrogens is 186 g/mol. The van der Waals surface area contributed by atoms with Crippen LogP contribution in [-0.2, 0) is 6.42 Å². The van der Waals surface area contributed by atoms with Gasteiger partial charge in [0.2, 0.25) is 0 Å². The molecule has 1 heterocycles. The molecule has 0 saturated carbocycles. The number of likely N-dealkylation sites (N-methyl/N-ethyl adjacent to an activating group) is 1. The van der Waals surface area contributed by atoms with E-state index >= 15 is 0 Å². The average Bonchev–Trinajstić information content (AvgIpc) is 2.31. The molecule has 1 aromatic rings. The Hall–Kier alpha value is -1.40. The van der Waals surface area contributed by atoms with Crippen LogP contribution in [0.2, 0.25) is 0 Å². The largest absolute Gasteiger partial charge is 0.302 e. The number of hydrogen-bond donors (Lipinski definition) is 0. The molecule has 0 aliphatic heterocycles. The van der Waals surface area contributed by atoms with Crippen LogP contribution in [0, 0.1) is 11.3 Å². The van der Waals surface area contributed by atoms with Gasteiger partial charge in [0.1, 0.15) is 0 Å². The topological polar surface area (TPSA) is 39.9 Å². The molecule has 0 aliphatic carbocycles. The fraction of sp³-hybridized carbons (Fsp3) is 0.500. The minimum atomic E-state index is 0.607. The van der Waals surface area contributed by atoms with Gasteiger partial charge in [-0.05, 0) is 18.7 Å². The summed E-state index contributed by atoms with van der Waals surface area (Å²) in [5.74, 6) is 0. The monoisotopic (exact) mass is 203 g/mol. The van der Waals surface area contributed by atoms with Gasteiger partial charge < -0.3 is 4.90 Å². The molecule has 0 amide bonds. The van der Waals surface area contributed by atoms with Crippen molar-refractivity contribution < 1.29 is 0 Å². The molecule has 0 saturated heterocycles. The zero-order valence-corrected chi connectivity index (χ0v) is 9.19. The third-order valence-corrected chi connectivity index (χ3v) is 2.40. The van der Waals surface area contributed by atoms with Crippen LogP contribution in [0.1, 0.15) is 19.0 Å². The second-order valence-electron chi connectivity index (χ2n) is 3.41. The first kappa shape index (κ1) is 11.7. The van der Waals surface area contributed by atoms with Gasteiger partial charge >= 0.3 is 0 Å². The van der Waals surface area contributed by atoms with Crippen LogP contribution >= 0.6 is 0 Å². The second kappa shape index (κ2) is 6.97. The molecule has 0 bridgehead atoms. The highest BCUT2D eigenvalue weighted by molar-refractivity contribution is 5.03. The quantitative estimate of drug-likeness (QED) is 0.708. The fourth-order valence-electron chi connectivity index (χ4n) is 1.45. The van der Waals surface area contributed by atoms with Gasteiger partial charge in [0.05, 0.1) is 6.07 Å². The fourth-order valence-corrected chi connectivity index (χ4v) is 1.45. The first-order valence-corrected chi connectivity index (χ1v) is 5.36. The zero-order chi connectivity index (χ0) is 10.9. The number of nitrogens with zero attached hydrogens (tertiary/aromatic N) is 3. The second-order valence-corrected chi connectivity index (χ2v) is 3.41. The summed E-state index contributed by atoms with van der Waals surface area (Å²) >= 11 is 0. The Bertz CT molecular complexity index is 302.